The first-order valence-electron chi connectivity index (χ1n) is 25.4. The van der Waals surface area contributed by atoms with Crippen LogP contribution >= 0.6 is 0 Å². The van der Waals surface area contributed by atoms with Crippen LogP contribution in [0.2, 0.25) is 0 Å². The molecule has 456 valence electrons. The maximum atomic E-state index is 12.8. The Morgan fingerprint density at radius 1 is 0.418 bits per heavy atom. The fourth-order valence-corrected chi connectivity index (χ4v) is 10.3. The monoisotopic (exact) mass is 1150 g/mol. The minimum atomic E-state index is -2.02. The summed E-state index contributed by atoms with van der Waals surface area (Å²) in [6, 6.07) is -8.17. The van der Waals surface area contributed by atoms with Crippen LogP contribution in [0.5, 0.6) is 0 Å². The molecular formula is C45H77N5O29. The molecule has 0 unspecified atom stereocenters. The van der Waals surface area contributed by atoms with Gasteiger partial charge in [-0.05, 0) is 6.92 Å². The lowest BCUT2D eigenvalue weighted by molar-refractivity contribution is -0.368. The van der Waals surface area contributed by atoms with Crippen LogP contribution in [0.1, 0.15) is 34.6 Å². The molecule has 34 heteroatoms. The summed E-state index contributed by atoms with van der Waals surface area (Å²) < 4.78 is 70.6. The maximum absolute atomic E-state index is 12.8. The molecule has 34 nitrogen and oxygen atoms in total. The smallest absolute Gasteiger partial charge is 0.217 e. The van der Waals surface area contributed by atoms with Gasteiger partial charge in [-0.15, -0.1) is 0 Å². The average Bonchev–Trinajstić information content (AvgIpc) is 3.49. The molecule has 0 aromatic rings. The molecule has 79 heavy (non-hydrogen) atoms. The highest BCUT2D eigenvalue weighted by Crippen LogP contribution is 2.36. The van der Waals surface area contributed by atoms with Gasteiger partial charge in [0.1, 0.15) is 134 Å². The van der Waals surface area contributed by atoms with Crippen molar-refractivity contribution in [2.75, 3.05) is 40.1 Å². The van der Waals surface area contributed by atoms with Crippen LogP contribution in [-0.4, -0.2) is 314 Å². The normalized spacial score (nSPS) is 46.7. The van der Waals surface area contributed by atoms with Crippen molar-refractivity contribution < 1.29 is 142 Å². The molecule has 0 spiro atoms. The second-order valence-electron chi connectivity index (χ2n) is 20.0. The van der Waals surface area contributed by atoms with Crippen LogP contribution in [0, 0.1) is 0 Å². The van der Waals surface area contributed by atoms with Gasteiger partial charge >= 0.3 is 0 Å². The molecule has 6 saturated heterocycles. The van der Waals surface area contributed by atoms with Gasteiger partial charge in [-0.25, -0.2) is 0 Å². The second kappa shape index (κ2) is 28.4. The van der Waals surface area contributed by atoms with Crippen molar-refractivity contribution >= 4 is 23.6 Å². The first kappa shape index (κ1) is 65.0. The van der Waals surface area contributed by atoms with E-state index in [0.29, 0.717) is 0 Å². The minimum absolute atomic E-state index is 0.627. The van der Waals surface area contributed by atoms with Gasteiger partial charge in [0.05, 0.1) is 45.2 Å². The summed E-state index contributed by atoms with van der Waals surface area (Å²) in [5.41, 5.74) is 6.04. The number of aliphatic hydroxyl groups excluding tert-OH is 13. The van der Waals surface area contributed by atoms with Crippen LogP contribution in [0.4, 0.5) is 0 Å². The van der Waals surface area contributed by atoms with Gasteiger partial charge in [-0.3, -0.25) is 19.2 Å². The molecule has 0 radical (unpaired) electrons. The molecule has 30 atom stereocenters. The van der Waals surface area contributed by atoms with E-state index in [9.17, 15) is 85.6 Å². The predicted octanol–water partition coefficient (Wildman–Crippen LogP) is -11.9. The van der Waals surface area contributed by atoms with E-state index in [0.717, 1.165) is 27.7 Å². The highest BCUT2D eigenvalue weighted by atomic mass is 16.8. The Labute approximate surface area is 451 Å². The number of nitrogens with two attached hydrogens (primary N) is 1. The molecule has 0 saturated carbocycles. The van der Waals surface area contributed by atoms with Gasteiger partial charge in [0.2, 0.25) is 23.6 Å². The molecular weight excluding hydrogens is 1070 g/mol. The van der Waals surface area contributed by atoms with Crippen LogP contribution in [0.3, 0.4) is 0 Å². The molecule has 0 aromatic heterocycles. The number of amides is 4. The molecule has 0 aliphatic carbocycles. The van der Waals surface area contributed by atoms with Gasteiger partial charge < -0.3 is 150 Å². The summed E-state index contributed by atoms with van der Waals surface area (Å²) in [6.07, 6.45) is -41.7. The molecule has 4 amide bonds. The maximum Gasteiger partial charge on any atom is 0.217 e. The first-order chi connectivity index (χ1) is 37.3. The van der Waals surface area contributed by atoms with Crippen LogP contribution in [0.15, 0.2) is 0 Å². The summed E-state index contributed by atoms with van der Waals surface area (Å²) in [6.45, 7) is 1.30. The molecule has 6 aliphatic heterocycles. The van der Waals surface area contributed by atoms with Crippen LogP contribution < -0.4 is 27.0 Å². The molecule has 0 bridgehead atoms. The number of hydrogen-bond acceptors (Lipinski definition) is 30. The van der Waals surface area contributed by atoms with Crippen molar-refractivity contribution in [2.24, 2.45) is 5.73 Å². The highest BCUT2D eigenvalue weighted by molar-refractivity contribution is 5.74. The predicted molar refractivity (Wildman–Crippen MR) is 251 cm³/mol. The first-order valence-corrected chi connectivity index (χ1v) is 25.4. The van der Waals surface area contributed by atoms with Gasteiger partial charge in [0.25, 0.3) is 0 Å². The Kier molecular flexibility index (Phi) is 23.4. The minimum Gasteiger partial charge on any atom is -0.394 e. The second-order valence-corrected chi connectivity index (χ2v) is 20.0. The molecule has 19 N–H and O–H groups in total. The number of carbonyl (C=O) groups excluding carboxylic acids is 4. The van der Waals surface area contributed by atoms with E-state index in [1.165, 1.54) is 14.0 Å². The van der Waals surface area contributed by atoms with Gasteiger partial charge in [-0.2, -0.15) is 0 Å². The quantitative estimate of drug-likeness (QED) is 0.0538. The number of aliphatic hydroxyl groups is 13. The summed E-state index contributed by atoms with van der Waals surface area (Å²) in [5.74, 6) is -3.12. The van der Waals surface area contributed by atoms with Crippen molar-refractivity contribution in [3.05, 3.63) is 0 Å². The molecule has 6 fully saturated rings. The van der Waals surface area contributed by atoms with E-state index in [-0.39, 0.29) is 0 Å². The third kappa shape index (κ3) is 14.8. The number of nitrogens with one attached hydrogen (secondary N) is 4. The molecule has 0 aromatic carbocycles. The number of ether oxygens (including phenoxy) is 12. The van der Waals surface area contributed by atoms with Crippen LogP contribution in [0.25, 0.3) is 0 Å². The van der Waals surface area contributed by atoms with E-state index < -0.39 is 241 Å². The average molecular weight is 1150 g/mol. The van der Waals surface area contributed by atoms with E-state index in [2.05, 4.69) is 21.3 Å². The van der Waals surface area contributed by atoms with Gasteiger partial charge in [0, 0.05) is 34.8 Å². The SMILES string of the molecule is CO[C@@H]1[C@H](OC[C@H]2O[C@@H](O)[C@H](NC(C)=O)[C@@H](O)[C@@H]2O[C@@H]2O[C@H](CO)[C@@H](O[C@@H]3O[C@H](CO)[C@@H](O[C@@H]4O[C@H](CO)[C@@H](O[C@@H]5O[C@H](CO)[C@@H](O)[C@H](O)[C@H]5N)[C@H](O)[C@H]4NC(C)=O)[C@H](O)[C@H]3NC(C)=O)[C@H](O)[C@H]2NC(C)=O)O[C@@H](C)[C@@H](O)[C@H]1O. The van der Waals surface area contributed by atoms with Crippen molar-refractivity contribution in [3.8, 4) is 0 Å². The van der Waals surface area contributed by atoms with E-state index >= 15 is 0 Å². The van der Waals surface area contributed by atoms with Crippen molar-refractivity contribution in [3.63, 3.8) is 0 Å². The number of methoxy groups -OCH3 is 1. The Morgan fingerprint density at radius 2 is 0.772 bits per heavy atom. The lowest BCUT2D eigenvalue weighted by Gasteiger charge is -2.51. The Balaban J connectivity index is 1.23. The zero-order valence-electron chi connectivity index (χ0n) is 43.8. The summed E-state index contributed by atoms with van der Waals surface area (Å²) in [4.78, 5) is 50.3. The fraction of sp³-hybridized carbons (Fsp3) is 0.911. The molecule has 6 aliphatic rings. The van der Waals surface area contributed by atoms with Crippen molar-refractivity contribution in [2.45, 2.75) is 219 Å². The Bertz CT molecular complexity index is 1990. The lowest BCUT2D eigenvalue weighted by atomic mass is 9.93. The van der Waals surface area contributed by atoms with E-state index in [1.54, 1.807) is 0 Å². The zero-order chi connectivity index (χ0) is 58.5. The third-order valence-corrected chi connectivity index (χ3v) is 14.3. The summed E-state index contributed by atoms with van der Waals surface area (Å²) in [5, 5.41) is 152. The highest BCUT2D eigenvalue weighted by Gasteiger charge is 2.58. The van der Waals surface area contributed by atoms with Gasteiger partial charge in [-0.1, -0.05) is 0 Å². The number of hydrogen-bond donors (Lipinski definition) is 18. The van der Waals surface area contributed by atoms with Crippen LogP contribution in [-0.2, 0) is 76.0 Å². The summed E-state index contributed by atoms with van der Waals surface area (Å²) in [7, 11) is 1.21. The summed E-state index contributed by atoms with van der Waals surface area (Å²) >= 11 is 0. The van der Waals surface area contributed by atoms with Crippen molar-refractivity contribution in [1.29, 1.82) is 0 Å². The van der Waals surface area contributed by atoms with Crippen molar-refractivity contribution in [1.82, 2.24) is 21.3 Å². The van der Waals surface area contributed by atoms with E-state index in [4.69, 9.17) is 62.6 Å². The zero-order valence-corrected chi connectivity index (χ0v) is 43.8. The third-order valence-electron chi connectivity index (χ3n) is 14.3. The van der Waals surface area contributed by atoms with E-state index in [1.807, 2.05) is 0 Å². The van der Waals surface area contributed by atoms with Gasteiger partial charge in [0.15, 0.2) is 37.7 Å². The largest absolute Gasteiger partial charge is 0.394 e. The standard InChI is InChI=1S/C45H77N5O29/c1-12-27(59)34(66)39(68-6)45(70-12)69-11-21-38(30(62)23(40(67)71-21)47-13(2)55)79-44-26(50-16(5)58)33(65)37(20(10-54)75-44)78-43-25(49-15(4)57)32(64)36(19(9-53)74-43)77-42-24(48-14(3)56)31(63)35(18(8-52)73-42)76-41-22(46)29(61)28(60)17(7-51)72-41/h12,17-45,51-54,59-67H,7-11,46H2,1-6H3,(H,47,55)(H,48,56)(H,49,57)(H,50,58)/t12-,17+,18+,19+,20+,21+,22+,23+,24+,25+,26+,27+,28+,29+,30+,31+,32+,33+,34+,35+,36+,37+,38+,39-,40+,41-,42-,43-,44-,45+/m0/s1. The number of carbonyl (C=O) groups is 4. The number of rotatable bonds is 20. The Morgan fingerprint density at radius 3 is 1.15 bits per heavy atom. The molecule has 6 rings (SSSR count). The topological polar surface area (TPSA) is 516 Å². The Hall–Kier alpha value is -3.16. The fourth-order valence-electron chi connectivity index (χ4n) is 10.3. The lowest BCUT2D eigenvalue weighted by Crippen LogP contribution is -2.72. The molecule has 6 heterocycles.